The highest BCUT2D eigenvalue weighted by Gasteiger charge is 2.15. The van der Waals surface area contributed by atoms with Crippen LogP contribution in [-0.2, 0) is 9.53 Å². The third kappa shape index (κ3) is 3.69. The number of rotatable bonds is 3. The third-order valence-corrected chi connectivity index (χ3v) is 3.20. The van der Waals surface area contributed by atoms with Crippen LogP contribution >= 0.6 is 15.9 Å². The molecule has 0 atom stereocenters. The van der Waals surface area contributed by atoms with Crippen LogP contribution in [0.3, 0.4) is 0 Å². The lowest BCUT2D eigenvalue weighted by Gasteiger charge is -2.25. The molecule has 0 unspecified atom stereocenters. The fraction of sp³-hybridized carbons (Fsp3) is 0.417. The van der Waals surface area contributed by atoms with E-state index in [9.17, 15) is 9.90 Å². The number of phenols is 1. The maximum atomic E-state index is 11.8. The van der Waals surface area contributed by atoms with Crippen molar-refractivity contribution >= 4 is 27.5 Å². The van der Waals surface area contributed by atoms with Crippen molar-refractivity contribution < 1.29 is 14.6 Å². The largest absolute Gasteiger partial charge is 0.506 e. The van der Waals surface area contributed by atoms with Crippen molar-refractivity contribution in [1.82, 2.24) is 4.90 Å². The van der Waals surface area contributed by atoms with E-state index in [4.69, 9.17) is 4.74 Å². The molecule has 6 heteroatoms. The molecule has 18 heavy (non-hydrogen) atoms. The number of phenolic OH excluding ortho intramolecular Hbond substituents is 1. The highest BCUT2D eigenvalue weighted by Crippen LogP contribution is 2.26. The maximum absolute atomic E-state index is 11.8. The Labute approximate surface area is 114 Å². The average Bonchev–Trinajstić information content (AvgIpc) is 2.34. The first-order chi connectivity index (χ1) is 8.65. The standard InChI is InChI=1S/C12H15BrN2O3/c13-9-1-2-10(11(16)7-9)14-12(17)8-15-3-5-18-6-4-15/h1-2,7,16H,3-6,8H2,(H,14,17). The van der Waals surface area contributed by atoms with E-state index < -0.39 is 0 Å². The molecule has 1 amide bonds. The summed E-state index contributed by atoms with van der Waals surface area (Å²) in [5, 5.41) is 12.4. The zero-order valence-corrected chi connectivity index (χ0v) is 11.4. The van der Waals surface area contributed by atoms with Gasteiger partial charge in [-0.25, -0.2) is 0 Å². The van der Waals surface area contributed by atoms with Crippen molar-refractivity contribution in [2.24, 2.45) is 0 Å². The first kappa shape index (κ1) is 13.3. The second kappa shape index (κ2) is 6.17. The van der Waals surface area contributed by atoms with Gasteiger partial charge in [0.25, 0.3) is 0 Å². The summed E-state index contributed by atoms with van der Waals surface area (Å²) in [5.74, 6) is -0.0748. The summed E-state index contributed by atoms with van der Waals surface area (Å²) in [7, 11) is 0. The Morgan fingerprint density at radius 2 is 2.17 bits per heavy atom. The Morgan fingerprint density at radius 1 is 1.44 bits per heavy atom. The maximum Gasteiger partial charge on any atom is 0.238 e. The molecule has 5 nitrogen and oxygen atoms in total. The Bertz CT molecular complexity index is 433. The highest BCUT2D eigenvalue weighted by molar-refractivity contribution is 9.10. The third-order valence-electron chi connectivity index (χ3n) is 2.70. The van der Waals surface area contributed by atoms with Gasteiger partial charge in [0.1, 0.15) is 5.75 Å². The van der Waals surface area contributed by atoms with E-state index in [0.29, 0.717) is 25.4 Å². The lowest BCUT2D eigenvalue weighted by Crippen LogP contribution is -2.41. The van der Waals surface area contributed by atoms with Crippen molar-refractivity contribution in [2.45, 2.75) is 0 Å². The molecule has 2 rings (SSSR count). The van der Waals surface area contributed by atoms with Crippen molar-refractivity contribution in [3.63, 3.8) is 0 Å². The second-order valence-electron chi connectivity index (χ2n) is 4.10. The van der Waals surface area contributed by atoms with Crippen LogP contribution in [0.1, 0.15) is 0 Å². The molecule has 1 saturated heterocycles. The molecule has 0 aromatic heterocycles. The molecule has 1 fully saturated rings. The Morgan fingerprint density at radius 3 is 2.83 bits per heavy atom. The van der Waals surface area contributed by atoms with Crippen LogP contribution in [0.25, 0.3) is 0 Å². The Kier molecular flexibility index (Phi) is 4.57. The van der Waals surface area contributed by atoms with Crippen LogP contribution in [0.4, 0.5) is 5.69 Å². The Hall–Kier alpha value is -1.11. The minimum Gasteiger partial charge on any atom is -0.506 e. The molecule has 98 valence electrons. The number of hydrogen-bond acceptors (Lipinski definition) is 4. The van der Waals surface area contributed by atoms with Crippen LogP contribution < -0.4 is 5.32 Å². The number of anilines is 1. The van der Waals surface area contributed by atoms with Gasteiger partial charge in [0.2, 0.25) is 5.91 Å². The van der Waals surface area contributed by atoms with Crippen LogP contribution in [0.2, 0.25) is 0 Å². The lowest BCUT2D eigenvalue weighted by atomic mass is 10.3. The molecule has 0 radical (unpaired) electrons. The number of aromatic hydroxyl groups is 1. The van der Waals surface area contributed by atoms with Gasteiger partial charge < -0.3 is 15.2 Å². The number of carbonyl (C=O) groups is 1. The van der Waals surface area contributed by atoms with Gasteiger partial charge in [-0.3, -0.25) is 9.69 Å². The molecule has 0 bridgehead atoms. The van der Waals surface area contributed by atoms with Crippen molar-refractivity contribution in [3.8, 4) is 5.75 Å². The minimum atomic E-state index is -0.130. The topological polar surface area (TPSA) is 61.8 Å². The number of nitrogens with zero attached hydrogens (tertiary/aromatic N) is 1. The lowest BCUT2D eigenvalue weighted by molar-refractivity contribution is -0.118. The highest BCUT2D eigenvalue weighted by atomic mass is 79.9. The summed E-state index contributed by atoms with van der Waals surface area (Å²) in [6.45, 7) is 3.17. The van der Waals surface area contributed by atoms with Gasteiger partial charge in [-0.05, 0) is 18.2 Å². The Balaban J connectivity index is 1.90. The quantitative estimate of drug-likeness (QED) is 0.828. The molecule has 1 aromatic carbocycles. The van der Waals surface area contributed by atoms with Gasteiger partial charge in [-0.2, -0.15) is 0 Å². The molecule has 0 spiro atoms. The van der Waals surface area contributed by atoms with E-state index in [1.165, 1.54) is 0 Å². The van der Waals surface area contributed by atoms with E-state index in [1.807, 2.05) is 4.90 Å². The molecule has 1 aromatic rings. The average molecular weight is 315 g/mol. The van der Waals surface area contributed by atoms with Gasteiger partial charge in [-0.15, -0.1) is 0 Å². The van der Waals surface area contributed by atoms with Crippen LogP contribution in [-0.4, -0.2) is 48.8 Å². The zero-order chi connectivity index (χ0) is 13.0. The van der Waals surface area contributed by atoms with Gasteiger partial charge >= 0.3 is 0 Å². The number of halogens is 1. The molecular weight excluding hydrogens is 300 g/mol. The summed E-state index contributed by atoms with van der Waals surface area (Å²) >= 11 is 3.25. The number of benzene rings is 1. The van der Waals surface area contributed by atoms with Gasteiger partial charge in [0.15, 0.2) is 0 Å². The number of morpholine rings is 1. The first-order valence-corrected chi connectivity index (χ1v) is 6.53. The summed E-state index contributed by atoms with van der Waals surface area (Å²) in [6.07, 6.45) is 0. The van der Waals surface area contributed by atoms with E-state index in [-0.39, 0.29) is 11.7 Å². The molecule has 0 aliphatic carbocycles. The van der Waals surface area contributed by atoms with Crippen LogP contribution in [0.5, 0.6) is 5.75 Å². The predicted octanol–water partition coefficient (Wildman–Crippen LogP) is 1.43. The summed E-state index contributed by atoms with van der Waals surface area (Å²) in [5.41, 5.74) is 0.427. The molecular formula is C12H15BrN2O3. The van der Waals surface area contributed by atoms with Crippen molar-refractivity contribution in [3.05, 3.63) is 22.7 Å². The molecule has 2 N–H and O–H groups in total. The molecule has 1 aliphatic heterocycles. The van der Waals surface area contributed by atoms with Gasteiger partial charge in [-0.1, -0.05) is 15.9 Å². The normalized spacial score (nSPS) is 16.5. The first-order valence-electron chi connectivity index (χ1n) is 5.73. The summed E-state index contributed by atoms with van der Waals surface area (Å²) in [6, 6.07) is 4.98. The number of nitrogens with one attached hydrogen (secondary N) is 1. The van der Waals surface area contributed by atoms with E-state index >= 15 is 0 Å². The predicted molar refractivity (Wildman–Crippen MR) is 71.7 cm³/mol. The fourth-order valence-electron chi connectivity index (χ4n) is 1.76. The second-order valence-corrected chi connectivity index (χ2v) is 5.01. The van der Waals surface area contributed by atoms with Gasteiger partial charge in [0.05, 0.1) is 25.4 Å². The molecule has 1 heterocycles. The van der Waals surface area contributed by atoms with Crippen LogP contribution in [0.15, 0.2) is 22.7 Å². The van der Waals surface area contributed by atoms with Crippen molar-refractivity contribution in [2.75, 3.05) is 38.2 Å². The number of amides is 1. The number of carbonyl (C=O) groups excluding carboxylic acids is 1. The van der Waals surface area contributed by atoms with E-state index in [1.54, 1.807) is 18.2 Å². The summed E-state index contributed by atoms with van der Waals surface area (Å²) in [4.78, 5) is 13.8. The molecule has 0 saturated carbocycles. The number of ether oxygens (including phenoxy) is 1. The van der Waals surface area contributed by atoms with E-state index in [2.05, 4.69) is 21.2 Å². The molecule has 1 aliphatic rings. The smallest absolute Gasteiger partial charge is 0.238 e. The fourth-order valence-corrected chi connectivity index (χ4v) is 2.11. The zero-order valence-electron chi connectivity index (χ0n) is 9.86. The van der Waals surface area contributed by atoms with Crippen LogP contribution in [0, 0.1) is 0 Å². The van der Waals surface area contributed by atoms with Crippen molar-refractivity contribution in [1.29, 1.82) is 0 Å². The minimum absolute atomic E-state index is 0.0553. The monoisotopic (exact) mass is 314 g/mol. The number of hydrogen-bond donors (Lipinski definition) is 2. The van der Waals surface area contributed by atoms with E-state index in [0.717, 1.165) is 17.6 Å². The summed E-state index contributed by atoms with van der Waals surface area (Å²) < 4.78 is 5.98. The van der Waals surface area contributed by atoms with Gasteiger partial charge in [0, 0.05) is 17.6 Å². The SMILES string of the molecule is O=C(CN1CCOCC1)Nc1ccc(Br)cc1O.